The molecule has 2 rings (SSSR count). The predicted molar refractivity (Wildman–Crippen MR) is 76.3 cm³/mol. The summed E-state index contributed by atoms with van der Waals surface area (Å²) in [5, 5.41) is 19.4. The molecule has 1 aromatic carbocycles. The lowest BCUT2D eigenvalue weighted by Crippen LogP contribution is -2.28. The minimum Gasteiger partial charge on any atom is -0.387 e. The molecule has 0 saturated carbocycles. The number of amides is 1. The lowest BCUT2D eigenvalue weighted by atomic mass is 10.1. The minimum atomic E-state index is -0.714. The zero-order valence-corrected chi connectivity index (χ0v) is 11.5. The van der Waals surface area contributed by atoms with Crippen LogP contribution < -0.4 is 5.32 Å². The third-order valence-corrected chi connectivity index (χ3v) is 3.02. The zero-order chi connectivity index (χ0) is 14.4. The molecule has 0 fully saturated rings. The highest BCUT2D eigenvalue weighted by Crippen LogP contribution is 2.11. The molecule has 0 aliphatic heterocycles. The normalized spacial score (nSPS) is 12.1. The highest BCUT2D eigenvalue weighted by atomic mass is 16.3. The summed E-state index contributed by atoms with van der Waals surface area (Å²) in [6.45, 7) is 2.23. The lowest BCUT2D eigenvalue weighted by Gasteiger charge is -2.11. The van der Waals surface area contributed by atoms with Crippen molar-refractivity contribution in [3.8, 4) is 0 Å². The van der Waals surface area contributed by atoms with Crippen LogP contribution in [0.3, 0.4) is 0 Å². The Bertz CT molecular complexity index is 551. The van der Waals surface area contributed by atoms with E-state index in [9.17, 15) is 9.90 Å². The number of aromatic nitrogens is 2. The molecule has 1 unspecified atom stereocenters. The molecular weight excluding hydrogens is 254 g/mol. The van der Waals surface area contributed by atoms with Gasteiger partial charge in [-0.05, 0) is 18.1 Å². The van der Waals surface area contributed by atoms with Gasteiger partial charge in [0.05, 0.1) is 6.10 Å². The summed E-state index contributed by atoms with van der Waals surface area (Å²) in [5.74, 6) is -0.279. The molecule has 0 radical (unpaired) electrons. The summed E-state index contributed by atoms with van der Waals surface area (Å²) in [6, 6.07) is 11.0. The average Bonchev–Trinajstić information content (AvgIpc) is 2.94. The smallest absolute Gasteiger partial charge is 0.271 e. The van der Waals surface area contributed by atoms with Crippen LogP contribution in [0.5, 0.6) is 0 Å². The summed E-state index contributed by atoms with van der Waals surface area (Å²) in [4.78, 5) is 11.9. The van der Waals surface area contributed by atoms with Crippen LogP contribution >= 0.6 is 0 Å². The molecule has 0 aliphatic rings. The zero-order valence-electron chi connectivity index (χ0n) is 11.5. The van der Waals surface area contributed by atoms with Gasteiger partial charge in [-0.25, -0.2) is 0 Å². The van der Waals surface area contributed by atoms with Gasteiger partial charge in [0, 0.05) is 12.2 Å². The average molecular weight is 273 g/mol. The number of hydrogen-bond donors (Lipinski definition) is 3. The van der Waals surface area contributed by atoms with E-state index in [1.54, 1.807) is 6.07 Å². The topological polar surface area (TPSA) is 78.0 Å². The molecule has 1 amide bonds. The fourth-order valence-corrected chi connectivity index (χ4v) is 1.95. The molecule has 3 N–H and O–H groups in total. The summed E-state index contributed by atoms with van der Waals surface area (Å²) in [7, 11) is 0. The Morgan fingerprint density at radius 3 is 2.85 bits per heavy atom. The Balaban J connectivity index is 1.88. The maximum atomic E-state index is 11.9. The summed E-state index contributed by atoms with van der Waals surface area (Å²) in [5.41, 5.74) is 2.08. The van der Waals surface area contributed by atoms with Crippen molar-refractivity contribution in [2.75, 3.05) is 6.54 Å². The molecule has 20 heavy (non-hydrogen) atoms. The van der Waals surface area contributed by atoms with E-state index in [-0.39, 0.29) is 12.5 Å². The fourth-order valence-electron chi connectivity index (χ4n) is 1.95. The van der Waals surface area contributed by atoms with Crippen molar-refractivity contribution in [1.82, 2.24) is 15.5 Å². The first-order valence-electron chi connectivity index (χ1n) is 6.76. The number of nitrogens with zero attached hydrogens (tertiary/aromatic N) is 1. The predicted octanol–water partition coefficient (Wildman–Crippen LogP) is 1.83. The second kappa shape index (κ2) is 6.86. The molecule has 1 heterocycles. The molecule has 2 aromatic rings. The van der Waals surface area contributed by atoms with Gasteiger partial charge in [0.1, 0.15) is 5.69 Å². The number of aliphatic hydroxyl groups excluding tert-OH is 1. The van der Waals surface area contributed by atoms with E-state index in [4.69, 9.17) is 0 Å². The Morgan fingerprint density at radius 2 is 2.15 bits per heavy atom. The Labute approximate surface area is 118 Å². The van der Waals surface area contributed by atoms with Crippen LogP contribution in [0.1, 0.15) is 41.2 Å². The van der Waals surface area contributed by atoms with Crippen LogP contribution in [0.25, 0.3) is 0 Å². The maximum Gasteiger partial charge on any atom is 0.271 e. The molecule has 1 atom stereocenters. The highest BCUT2D eigenvalue weighted by Gasteiger charge is 2.13. The molecule has 1 aromatic heterocycles. The Morgan fingerprint density at radius 1 is 1.40 bits per heavy atom. The largest absolute Gasteiger partial charge is 0.387 e. The van der Waals surface area contributed by atoms with Crippen molar-refractivity contribution in [2.24, 2.45) is 0 Å². The second-order valence-electron chi connectivity index (χ2n) is 4.66. The number of hydrogen-bond acceptors (Lipinski definition) is 3. The lowest BCUT2D eigenvalue weighted by molar-refractivity contribution is 0.0911. The van der Waals surface area contributed by atoms with Gasteiger partial charge in [0.25, 0.3) is 5.91 Å². The van der Waals surface area contributed by atoms with Gasteiger partial charge in [-0.3, -0.25) is 9.89 Å². The van der Waals surface area contributed by atoms with Crippen molar-refractivity contribution in [1.29, 1.82) is 0 Å². The number of aromatic amines is 1. The number of aryl methyl sites for hydroxylation is 1. The van der Waals surface area contributed by atoms with Crippen LogP contribution in [0.15, 0.2) is 36.4 Å². The van der Waals surface area contributed by atoms with Crippen molar-refractivity contribution in [3.05, 3.63) is 53.3 Å². The summed E-state index contributed by atoms with van der Waals surface area (Å²) >= 11 is 0. The molecule has 5 nitrogen and oxygen atoms in total. The molecule has 0 spiro atoms. The third kappa shape index (κ3) is 3.68. The van der Waals surface area contributed by atoms with Crippen LogP contribution in [0.4, 0.5) is 0 Å². The summed E-state index contributed by atoms with van der Waals surface area (Å²) < 4.78 is 0. The third-order valence-electron chi connectivity index (χ3n) is 3.02. The van der Waals surface area contributed by atoms with E-state index < -0.39 is 6.10 Å². The molecule has 0 saturated heterocycles. The van der Waals surface area contributed by atoms with E-state index in [1.165, 1.54) is 0 Å². The van der Waals surface area contributed by atoms with Gasteiger partial charge in [-0.1, -0.05) is 43.7 Å². The fraction of sp³-hybridized carbons (Fsp3) is 0.333. The quantitative estimate of drug-likeness (QED) is 0.751. The second-order valence-corrected chi connectivity index (χ2v) is 4.66. The van der Waals surface area contributed by atoms with Crippen LogP contribution in [0.2, 0.25) is 0 Å². The maximum absolute atomic E-state index is 11.9. The number of carbonyl (C=O) groups excluding carboxylic acids is 1. The van der Waals surface area contributed by atoms with Crippen molar-refractivity contribution < 1.29 is 9.90 Å². The monoisotopic (exact) mass is 273 g/mol. The molecule has 0 bridgehead atoms. The Kier molecular flexibility index (Phi) is 4.90. The molecule has 5 heteroatoms. The van der Waals surface area contributed by atoms with Crippen molar-refractivity contribution in [2.45, 2.75) is 25.9 Å². The standard InChI is InChI=1S/C15H19N3O2/c1-2-6-12-9-13(18-17-12)15(20)16-10-14(19)11-7-4-3-5-8-11/h3-5,7-9,14,19H,2,6,10H2,1H3,(H,16,20)(H,17,18). The van der Waals surface area contributed by atoms with E-state index in [2.05, 4.69) is 22.4 Å². The van der Waals surface area contributed by atoms with E-state index >= 15 is 0 Å². The van der Waals surface area contributed by atoms with Crippen LogP contribution in [-0.2, 0) is 6.42 Å². The van der Waals surface area contributed by atoms with Crippen molar-refractivity contribution >= 4 is 5.91 Å². The number of rotatable bonds is 6. The highest BCUT2D eigenvalue weighted by molar-refractivity contribution is 5.92. The van der Waals surface area contributed by atoms with Gasteiger partial charge in [0.2, 0.25) is 0 Å². The number of benzene rings is 1. The van der Waals surface area contributed by atoms with E-state index in [1.807, 2.05) is 30.3 Å². The van der Waals surface area contributed by atoms with Gasteiger partial charge in [-0.15, -0.1) is 0 Å². The minimum absolute atomic E-state index is 0.165. The van der Waals surface area contributed by atoms with Gasteiger partial charge in [-0.2, -0.15) is 5.10 Å². The first-order chi connectivity index (χ1) is 9.70. The number of carbonyl (C=O) groups is 1. The van der Waals surface area contributed by atoms with Crippen LogP contribution in [0, 0.1) is 0 Å². The number of H-pyrrole nitrogens is 1. The van der Waals surface area contributed by atoms with Gasteiger partial charge >= 0.3 is 0 Å². The molecule has 0 aliphatic carbocycles. The number of nitrogens with one attached hydrogen (secondary N) is 2. The SMILES string of the molecule is CCCc1cc(C(=O)NCC(O)c2ccccc2)n[nH]1. The molecule has 106 valence electrons. The van der Waals surface area contributed by atoms with E-state index in [0.717, 1.165) is 24.1 Å². The first kappa shape index (κ1) is 14.3. The Hall–Kier alpha value is -2.14. The summed E-state index contributed by atoms with van der Waals surface area (Å²) in [6.07, 6.45) is 1.15. The van der Waals surface area contributed by atoms with Crippen molar-refractivity contribution in [3.63, 3.8) is 0 Å². The molecular formula is C15H19N3O2. The van der Waals surface area contributed by atoms with Crippen LogP contribution in [-0.4, -0.2) is 27.8 Å². The first-order valence-corrected chi connectivity index (χ1v) is 6.76. The van der Waals surface area contributed by atoms with E-state index in [0.29, 0.717) is 5.69 Å². The van der Waals surface area contributed by atoms with Gasteiger partial charge < -0.3 is 10.4 Å². The number of aliphatic hydroxyl groups is 1. The van der Waals surface area contributed by atoms with Gasteiger partial charge in [0.15, 0.2) is 0 Å².